The summed E-state index contributed by atoms with van der Waals surface area (Å²) >= 11 is 0. The molecular formula is C14H19NO5. The maximum Gasteiger partial charge on any atom is 0.410 e. The number of carbonyl (C=O) groups is 2. The summed E-state index contributed by atoms with van der Waals surface area (Å²) in [4.78, 5) is 22.8. The van der Waals surface area contributed by atoms with E-state index in [0.717, 1.165) is 0 Å². The number of ether oxygens (including phenoxy) is 1. The van der Waals surface area contributed by atoms with Crippen LogP contribution in [-0.2, 0) is 16.0 Å². The molecule has 1 aromatic carbocycles. The molecule has 0 heterocycles. The maximum atomic E-state index is 11.6. The number of carboxylic acids is 1. The summed E-state index contributed by atoms with van der Waals surface area (Å²) in [6.45, 7) is 4.93. The number of carbonyl (C=O) groups excluding carboxylic acids is 1. The van der Waals surface area contributed by atoms with E-state index in [1.807, 2.05) is 5.32 Å². The van der Waals surface area contributed by atoms with E-state index in [1.165, 1.54) is 0 Å². The van der Waals surface area contributed by atoms with Crippen molar-refractivity contribution in [3.8, 4) is 0 Å². The number of carboxylic acid groups (broad SMARTS) is 1. The molecule has 1 aromatic rings. The second kappa shape index (κ2) is 5.92. The van der Waals surface area contributed by atoms with Crippen LogP contribution in [0, 0.1) is 0 Å². The number of amides is 1. The highest BCUT2D eigenvalue weighted by Crippen LogP contribution is 2.13. The number of aliphatic carboxylic acids is 1. The van der Waals surface area contributed by atoms with E-state index in [1.54, 1.807) is 51.1 Å². The summed E-state index contributed by atoms with van der Waals surface area (Å²) in [7, 11) is 0. The molecule has 0 spiro atoms. The number of benzene rings is 1. The topological polar surface area (TPSA) is 95.9 Å². The third kappa shape index (κ3) is 4.89. The van der Waals surface area contributed by atoms with Crippen LogP contribution in [0.4, 0.5) is 4.79 Å². The van der Waals surface area contributed by atoms with Crippen LogP contribution < -0.4 is 5.32 Å². The zero-order chi connectivity index (χ0) is 15.4. The monoisotopic (exact) mass is 281 g/mol. The molecule has 0 aliphatic carbocycles. The lowest BCUT2D eigenvalue weighted by Crippen LogP contribution is -2.57. The second-order valence-corrected chi connectivity index (χ2v) is 5.45. The Morgan fingerprint density at radius 3 is 2.20 bits per heavy atom. The Balaban J connectivity index is 2.82. The van der Waals surface area contributed by atoms with Crippen LogP contribution in [0.15, 0.2) is 30.3 Å². The molecule has 0 bridgehead atoms. The summed E-state index contributed by atoms with van der Waals surface area (Å²) < 4.78 is 4.95. The van der Waals surface area contributed by atoms with Gasteiger partial charge in [0.05, 0.1) is 0 Å². The number of alkyl carbamates (subject to hydrolysis) is 1. The SMILES string of the molecule is CC(C)(C)OC(=O)NC(O)(Cc1ccccc1)C(=O)O. The number of hydrogen-bond donors (Lipinski definition) is 3. The minimum atomic E-state index is -2.41. The number of rotatable bonds is 4. The average Bonchev–Trinajstić information content (AvgIpc) is 2.26. The zero-order valence-electron chi connectivity index (χ0n) is 11.7. The first kappa shape index (κ1) is 16.0. The summed E-state index contributed by atoms with van der Waals surface area (Å²) in [5.74, 6) is -1.55. The first-order valence-corrected chi connectivity index (χ1v) is 6.13. The molecule has 110 valence electrons. The summed E-state index contributed by atoms with van der Waals surface area (Å²) in [6, 6.07) is 8.51. The number of hydrogen-bond acceptors (Lipinski definition) is 4. The molecule has 1 rings (SSSR count). The van der Waals surface area contributed by atoms with Gasteiger partial charge in [-0.25, -0.2) is 9.59 Å². The van der Waals surface area contributed by atoms with Gasteiger partial charge in [-0.2, -0.15) is 0 Å². The van der Waals surface area contributed by atoms with E-state index in [9.17, 15) is 14.7 Å². The predicted molar refractivity (Wildman–Crippen MR) is 72.1 cm³/mol. The van der Waals surface area contributed by atoms with Crippen molar-refractivity contribution in [1.82, 2.24) is 5.32 Å². The van der Waals surface area contributed by atoms with Crippen LogP contribution in [0.5, 0.6) is 0 Å². The fraction of sp³-hybridized carbons (Fsp3) is 0.429. The lowest BCUT2D eigenvalue weighted by Gasteiger charge is -2.27. The van der Waals surface area contributed by atoms with Crippen LogP contribution in [0.1, 0.15) is 26.3 Å². The lowest BCUT2D eigenvalue weighted by molar-refractivity contribution is -0.161. The van der Waals surface area contributed by atoms with Gasteiger partial charge in [0, 0.05) is 6.42 Å². The fourth-order valence-electron chi connectivity index (χ4n) is 1.54. The molecule has 0 aromatic heterocycles. The van der Waals surface area contributed by atoms with Crippen molar-refractivity contribution in [1.29, 1.82) is 0 Å². The van der Waals surface area contributed by atoms with E-state index in [4.69, 9.17) is 9.84 Å². The summed E-state index contributed by atoms with van der Waals surface area (Å²) in [5, 5.41) is 21.2. The molecule has 0 aliphatic rings. The van der Waals surface area contributed by atoms with Crippen LogP contribution >= 0.6 is 0 Å². The Hall–Kier alpha value is -2.08. The van der Waals surface area contributed by atoms with Gasteiger partial charge in [-0.3, -0.25) is 5.32 Å². The molecule has 6 heteroatoms. The van der Waals surface area contributed by atoms with Gasteiger partial charge >= 0.3 is 12.1 Å². The van der Waals surface area contributed by atoms with Crippen molar-refractivity contribution >= 4 is 12.1 Å². The van der Waals surface area contributed by atoms with Gasteiger partial charge in [-0.1, -0.05) is 30.3 Å². The number of nitrogens with one attached hydrogen (secondary N) is 1. The molecule has 6 nitrogen and oxygen atoms in total. The Morgan fingerprint density at radius 1 is 1.20 bits per heavy atom. The minimum absolute atomic E-state index is 0.261. The Morgan fingerprint density at radius 2 is 1.75 bits per heavy atom. The Labute approximate surface area is 117 Å². The molecule has 0 fully saturated rings. The molecular weight excluding hydrogens is 262 g/mol. The van der Waals surface area contributed by atoms with Crippen LogP contribution in [0.3, 0.4) is 0 Å². The second-order valence-electron chi connectivity index (χ2n) is 5.45. The van der Waals surface area contributed by atoms with Gasteiger partial charge in [0.2, 0.25) is 5.72 Å². The normalized spacial score (nSPS) is 14.2. The first-order valence-electron chi connectivity index (χ1n) is 6.13. The van der Waals surface area contributed by atoms with Gasteiger partial charge in [-0.05, 0) is 26.3 Å². The van der Waals surface area contributed by atoms with Gasteiger partial charge in [0.1, 0.15) is 5.60 Å². The largest absolute Gasteiger partial charge is 0.478 e. The zero-order valence-corrected chi connectivity index (χ0v) is 11.7. The predicted octanol–water partition coefficient (Wildman–Crippen LogP) is 1.53. The van der Waals surface area contributed by atoms with Crippen molar-refractivity contribution in [3.63, 3.8) is 0 Å². The maximum absolute atomic E-state index is 11.6. The van der Waals surface area contributed by atoms with E-state index >= 15 is 0 Å². The van der Waals surface area contributed by atoms with E-state index in [-0.39, 0.29) is 6.42 Å². The highest BCUT2D eigenvalue weighted by Gasteiger charge is 2.39. The highest BCUT2D eigenvalue weighted by atomic mass is 16.6. The molecule has 1 unspecified atom stereocenters. The smallest absolute Gasteiger partial charge is 0.410 e. The van der Waals surface area contributed by atoms with Crippen molar-refractivity contribution in [2.45, 2.75) is 38.5 Å². The van der Waals surface area contributed by atoms with E-state index in [0.29, 0.717) is 5.56 Å². The Bertz CT molecular complexity index is 480. The minimum Gasteiger partial charge on any atom is -0.478 e. The summed E-state index contributed by atoms with van der Waals surface area (Å²) in [5.41, 5.74) is -2.62. The van der Waals surface area contributed by atoms with Crippen molar-refractivity contribution < 1.29 is 24.5 Å². The van der Waals surface area contributed by atoms with Crippen molar-refractivity contribution in [2.24, 2.45) is 0 Å². The Kier molecular flexibility index (Phi) is 4.73. The average molecular weight is 281 g/mol. The molecule has 1 amide bonds. The third-order valence-corrected chi connectivity index (χ3v) is 2.36. The summed E-state index contributed by atoms with van der Waals surface area (Å²) in [6.07, 6.45) is -1.25. The van der Waals surface area contributed by atoms with Crippen LogP contribution in [-0.4, -0.2) is 33.6 Å². The van der Waals surface area contributed by atoms with E-state index in [2.05, 4.69) is 0 Å². The number of aliphatic hydroxyl groups is 1. The van der Waals surface area contributed by atoms with Crippen LogP contribution in [0.2, 0.25) is 0 Å². The third-order valence-electron chi connectivity index (χ3n) is 2.36. The van der Waals surface area contributed by atoms with Gasteiger partial charge < -0.3 is 14.9 Å². The molecule has 0 saturated heterocycles. The first-order chi connectivity index (χ1) is 9.12. The van der Waals surface area contributed by atoms with Gasteiger partial charge in [-0.15, -0.1) is 0 Å². The standard InChI is InChI=1S/C14H19NO5/c1-13(2,3)20-12(18)15-14(19,11(16)17)9-10-7-5-4-6-8-10/h4-8,19H,9H2,1-3H3,(H,15,18)(H,16,17). The lowest BCUT2D eigenvalue weighted by atomic mass is 10.0. The highest BCUT2D eigenvalue weighted by molar-refractivity contribution is 5.82. The molecule has 0 radical (unpaired) electrons. The molecule has 3 N–H and O–H groups in total. The van der Waals surface area contributed by atoms with Gasteiger partial charge in [0.15, 0.2) is 0 Å². The van der Waals surface area contributed by atoms with Gasteiger partial charge in [0.25, 0.3) is 0 Å². The molecule has 20 heavy (non-hydrogen) atoms. The van der Waals surface area contributed by atoms with Crippen molar-refractivity contribution in [2.75, 3.05) is 0 Å². The van der Waals surface area contributed by atoms with Crippen molar-refractivity contribution in [3.05, 3.63) is 35.9 Å². The van der Waals surface area contributed by atoms with E-state index < -0.39 is 23.4 Å². The molecule has 0 saturated carbocycles. The fourth-order valence-corrected chi connectivity index (χ4v) is 1.54. The molecule has 1 atom stereocenters. The molecule has 0 aliphatic heterocycles. The van der Waals surface area contributed by atoms with Crippen LogP contribution in [0.25, 0.3) is 0 Å². The quantitative estimate of drug-likeness (QED) is 0.727.